The molecule has 17 heavy (non-hydrogen) atoms. The third-order valence-electron chi connectivity index (χ3n) is 1.73. The monoisotopic (exact) mass is 270 g/mol. The van der Waals surface area contributed by atoms with Crippen molar-refractivity contribution in [3.63, 3.8) is 0 Å². The number of alkyl halides is 3. The van der Waals surface area contributed by atoms with Gasteiger partial charge in [-0.1, -0.05) is 17.7 Å². The molecule has 1 unspecified atom stereocenters. The van der Waals surface area contributed by atoms with Crippen LogP contribution in [0.3, 0.4) is 0 Å². The maximum atomic E-state index is 12.0. The Kier molecular flexibility index (Phi) is 3.84. The third kappa shape index (κ3) is 3.79. The minimum absolute atomic E-state index is 0.263. The highest BCUT2D eigenvalue weighted by Gasteiger charge is 2.32. The van der Waals surface area contributed by atoms with E-state index in [4.69, 9.17) is 21.8 Å². The summed E-state index contributed by atoms with van der Waals surface area (Å²) in [5, 5.41) is 17.3. The Hall–Kier alpha value is -1.47. The fourth-order valence-electron chi connectivity index (χ4n) is 1.04. The van der Waals surface area contributed by atoms with Crippen molar-refractivity contribution >= 4 is 17.6 Å². The number of halogens is 4. The molecule has 0 radical (unpaired) electrons. The second-order valence-corrected chi connectivity index (χ2v) is 3.39. The quantitative estimate of drug-likeness (QED) is 0.885. The number of hydrogen-bond donors (Lipinski definition) is 2. The van der Waals surface area contributed by atoms with Gasteiger partial charge >= 0.3 is 12.3 Å². The average molecular weight is 271 g/mol. The minimum Gasteiger partial charge on any atom is -0.479 e. The van der Waals surface area contributed by atoms with E-state index in [0.717, 1.165) is 12.1 Å². The van der Waals surface area contributed by atoms with Crippen LogP contribution in [0.2, 0.25) is 5.02 Å². The fraction of sp³-hybridized carbons (Fsp3) is 0.222. The molecule has 0 saturated heterocycles. The van der Waals surface area contributed by atoms with E-state index >= 15 is 0 Å². The van der Waals surface area contributed by atoms with Gasteiger partial charge in [0.15, 0.2) is 6.10 Å². The first-order valence-electron chi connectivity index (χ1n) is 4.17. The molecule has 0 heterocycles. The van der Waals surface area contributed by atoms with Gasteiger partial charge in [0, 0.05) is 0 Å². The zero-order valence-corrected chi connectivity index (χ0v) is 8.79. The van der Waals surface area contributed by atoms with E-state index in [1.165, 1.54) is 0 Å². The number of aliphatic carboxylic acids is 1. The topological polar surface area (TPSA) is 66.8 Å². The lowest BCUT2D eigenvalue weighted by molar-refractivity contribution is -0.274. The van der Waals surface area contributed by atoms with Gasteiger partial charge in [0.25, 0.3) is 0 Å². The number of hydrogen-bond acceptors (Lipinski definition) is 3. The van der Waals surface area contributed by atoms with Crippen molar-refractivity contribution < 1.29 is 32.9 Å². The van der Waals surface area contributed by atoms with Crippen LogP contribution < -0.4 is 4.74 Å². The smallest absolute Gasteiger partial charge is 0.479 e. The lowest BCUT2D eigenvalue weighted by atomic mass is 10.1. The number of ether oxygens (including phenoxy) is 1. The van der Waals surface area contributed by atoms with E-state index in [0.29, 0.717) is 6.07 Å². The molecule has 0 aliphatic rings. The first kappa shape index (κ1) is 13.6. The Balaban J connectivity index is 3.06. The maximum absolute atomic E-state index is 12.0. The van der Waals surface area contributed by atoms with E-state index in [1.807, 2.05) is 0 Å². The highest BCUT2D eigenvalue weighted by Crippen LogP contribution is 2.32. The van der Waals surface area contributed by atoms with Gasteiger partial charge in [-0.2, -0.15) is 0 Å². The number of aliphatic hydroxyl groups is 1. The minimum atomic E-state index is -4.95. The summed E-state index contributed by atoms with van der Waals surface area (Å²) in [5.41, 5.74) is -0.263. The van der Waals surface area contributed by atoms with Crippen LogP contribution in [-0.2, 0) is 4.79 Å². The van der Waals surface area contributed by atoms with Gasteiger partial charge in [0.2, 0.25) is 0 Å². The summed E-state index contributed by atoms with van der Waals surface area (Å²) >= 11 is 5.43. The van der Waals surface area contributed by atoms with Gasteiger partial charge in [-0.25, -0.2) is 4.79 Å². The molecule has 4 nitrogen and oxygen atoms in total. The maximum Gasteiger partial charge on any atom is 0.573 e. The second-order valence-electron chi connectivity index (χ2n) is 2.98. The van der Waals surface area contributed by atoms with Crippen LogP contribution in [0.1, 0.15) is 11.7 Å². The standard InChI is InChI=1S/C9H6ClF3O4/c10-5-2-1-4(7(14)8(15)16)3-6(5)17-9(11,12)13/h1-3,7,14H,(H,15,16). The van der Waals surface area contributed by atoms with E-state index in [-0.39, 0.29) is 10.6 Å². The van der Waals surface area contributed by atoms with Crippen molar-refractivity contribution in [2.75, 3.05) is 0 Å². The molecule has 0 aromatic heterocycles. The molecular weight excluding hydrogens is 265 g/mol. The molecule has 2 N–H and O–H groups in total. The van der Waals surface area contributed by atoms with Crippen LogP contribution in [-0.4, -0.2) is 22.5 Å². The molecule has 1 aromatic rings. The van der Waals surface area contributed by atoms with Crippen molar-refractivity contribution in [2.45, 2.75) is 12.5 Å². The van der Waals surface area contributed by atoms with Gasteiger partial charge in [0.05, 0.1) is 5.02 Å². The summed E-state index contributed by atoms with van der Waals surface area (Å²) in [7, 11) is 0. The number of aliphatic hydroxyl groups excluding tert-OH is 1. The van der Waals surface area contributed by atoms with Crippen LogP contribution in [0.25, 0.3) is 0 Å². The van der Waals surface area contributed by atoms with Crippen molar-refractivity contribution in [1.82, 2.24) is 0 Å². The van der Waals surface area contributed by atoms with Crippen molar-refractivity contribution in [3.8, 4) is 5.75 Å². The molecule has 1 rings (SSSR count). The van der Waals surface area contributed by atoms with Gasteiger partial charge in [-0.3, -0.25) is 0 Å². The van der Waals surface area contributed by atoms with E-state index < -0.39 is 24.2 Å². The number of benzene rings is 1. The molecule has 0 aliphatic heterocycles. The first-order chi connectivity index (χ1) is 7.70. The largest absolute Gasteiger partial charge is 0.573 e. The van der Waals surface area contributed by atoms with E-state index in [1.54, 1.807) is 0 Å². The highest BCUT2D eigenvalue weighted by atomic mass is 35.5. The molecule has 1 aromatic carbocycles. The molecule has 1 atom stereocenters. The van der Waals surface area contributed by atoms with Gasteiger partial charge < -0.3 is 14.9 Å². The molecule has 94 valence electrons. The first-order valence-corrected chi connectivity index (χ1v) is 4.54. The Labute approximate surface area is 98.2 Å². The van der Waals surface area contributed by atoms with Crippen LogP contribution in [0.5, 0.6) is 5.75 Å². The molecule has 0 fully saturated rings. The summed E-state index contributed by atoms with van der Waals surface area (Å²) in [6.07, 6.45) is -6.89. The number of carbonyl (C=O) groups is 1. The lowest BCUT2D eigenvalue weighted by Gasteiger charge is -2.12. The Bertz CT molecular complexity index is 433. The molecular formula is C9H6ClF3O4. The summed E-state index contributed by atoms with van der Waals surface area (Å²) in [6, 6.07) is 2.81. The van der Waals surface area contributed by atoms with E-state index in [2.05, 4.69) is 4.74 Å². The fourth-order valence-corrected chi connectivity index (χ4v) is 1.19. The van der Waals surface area contributed by atoms with Crippen molar-refractivity contribution in [3.05, 3.63) is 28.8 Å². The predicted molar refractivity (Wildman–Crippen MR) is 50.7 cm³/mol. The molecule has 0 spiro atoms. The summed E-state index contributed by atoms with van der Waals surface area (Å²) < 4.78 is 39.4. The van der Waals surface area contributed by atoms with Crippen molar-refractivity contribution in [1.29, 1.82) is 0 Å². The third-order valence-corrected chi connectivity index (χ3v) is 2.04. The van der Waals surface area contributed by atoms with Crippen LogP contribution >= 0.6 is 11.6 Å². The summed E-state index contributed by atoms with van der Waals surface area (Å²) in [5.74, 6) is -2.36. The highest BCUT2D eigenvalue weighted by molar-refractivity contribution is 6.32. The van der Waals surface area contributed by atoms with Crippen LogP contribution in [0, 0.1) is 0 Å². The Morgan fingerprint density at radius 3 is 2.47 bits per heavy atom. The molecule has 8 heteroatoms. The Morgan fingerprint density at radius 2 is 2.00 bits per heavy atom. The predicted octanol–water partition coefficient (Wildman–Crippen LogP) is 2.36. The number of carboxylic acids is 1. The SMILES string of the molecule is O=C(O)C(O)c1ccc(Cl)c(OC(F)(F)F)c1. The number of rotatable bonds is 3. The lowest BCUT2D eigenvalue weighted by Crippen LogP contribution is -2.18. The normalized spacial score (nSPS) is 13.2. The second kappa shape index (κ2) is 4.80. The van der Waals surface area contributed by atoms with Crippen LogP contribution in [0.15, 0.2) is 18.2 Å². The van der Waals surface area contributed by atoms with Gasteiger partial charge in [-0.05, 0) is 17.7 Å². The summed E-state index contributed by atoms with van der Waals surface area (Å²) in [6.45, 7) is 0. The molecule has 0 amide bonds. The molecule has 0 bridgehead atoms. The Morgan fingerprint density at radius 1 is 1.41 bits per heavy atom. The number of carboxylic acid groups (broad SMARTS) is 1. The van der Waals surface area contributed by atoms with Crippen LogP contribution in [0.4, 0.5) is 13.2 Å². The van der Waals surface area contributed by atoms with Crippen molar-refractivity contribution in [2.24, 2.45) is 0 Å². The van der Waals surface area contributed by atoms with Gasteiger partial charge in [0.1, 0.15) is 5.75 Å². The summed E-state index contributed by atoms with van der Waals surface area (Å²) in [4.78, 5) is 10.4. The van der Waals surface area contributed by atoms with Gasteiger partial charge in [-0.15, -0.1) is 13.2 Å². The average Bonchev–Trinajstić information content (AvgIpc) is 2.18. The molecule has 0 saturated carbocycles. The zero-order chi connectivity index (χ0) is 13.2. The zero-order valence-electron chi connectivity index (χ0n) is 8.03. The van der Waals surface area contributed by atoms with E-state index in [9.17, 15) is 18.0 Å². The molecule has 0 aliphatic carbocycles.